The maximum Gasteiger partial charge on any atom is 0.255 e. The summed E-state index contributed by atoms with van der Waals surface area (Å²) in [6, 6.07) is 13.3. The molecule has 27 heavy (non-hydrogen) atoms. The lowest BCUT2D eigenvalue weighted by Gasteiger charge is -2.12. The van der Waals surface area contributed by atoms with Gasteiger partial charge in [0.25, 0.3) is 5.91 Å². The minimum Gasteiger partial charge on any atom is -0.493 e. The van der Waals surface area contributed by atoms with Crippen LogP contribution in [0.15, 0.2) is 53.1 Å². The highest BCUT2D eigenvalue weighted by atomic mass is 79.9. The van der Waals surface area contributed by atoms with Crippen LogP contribution in [0.2, 0.25) is 0 Å². The predicted molar refractivity (Wildman–Crippen MR) is 107 cm³/mol. The van der Waals surface area contributed by atoms with E-state index >= 15 is 0 Å². The monoisotopic (exact) mass is 429 g/mol. The highest BCUT2D eigenvalue weighted by molar-refractivity contribution is 9.10. The van der Waals surface area contributed by atoms with E-state index in [9.17, 15) is 4.79 Å². The number of hydrogen-bond donors (Lipinski definition) is 2. The highest BCUT2D eigenvalue weighted by Crippen LogP contribution is 2.28. The maximum atomic E-state index is 12.7. The average Bonchev–Trinajstić information content (AvgIpc) is 3.16. The Balaban J connectivity index is 1.74. The average molecular weight is 430 g/mol. The number of ether oxygens (including phenoxy) is 2. The standard InChI is InChI=1S/C20H20BrN3O3/c1-3-27-18-9-13(7-8-17(18)26-2)11-22-20(25)16-12-23-24-19(16)14-5-4-6-15(21)10-14/h4-10,12H,3,11H2,1-2H3,(H,22,25)(H,23,24). The number of halogens is 1. The molecule has 2 aromatic carbocycles. The van der Waals surface area contributed by atoms with Crippen molar-refractivity contribution in [2.75, 3.05) is 13.7 Å². The smallest absolute Gasteiger partial charge is 0.255 e. The SMILES string of the molecule is CCOc1cc(CNC(=O)c2cn[nH]c2-c2cccc(Br)c2)ccc1OC. The second-order valence-electron chi connectivity index (χ2n) is 5.77. The van der Waals surface area contributed by atoms with Gasteiger partial charge in [-0.1, -0.05) is 34.1 Å². The number of carbonyl (C=O) groups excluding carboxylic acids is 1. The molecule has 2 N–H and O–H groups in total. The second-order valence-corrected chi connectivity index (χ2v) is 6.69. The third-order valence-electron chi connectivity index (χ3n) is 3.98. The van der Waals surface area contributed by atoms with Crippen LogP contribution in [0.1, 0.15) is 22.8 Å². The molecule has 1 amide bonds. The third kappa shape index (κ3) is 4.49. The van der Waals surface area contributed by atoms with Gasteiger partial charge in [-0.25, -0.2) is 0 Å². The number of nitrogens with zero attached hydrogens (tertiary/aromatic N) is 1. The Bertz CT molecular complexity index is 940. The Hall–Kier alpha value is -2.80. The molecule has 140 valence electrons. The minimum atomic E-state index is -0.201. The third-order valence-corrected chi connectivity index (χ3v) is 4.47. The molecule has 0 aliphatic carbocycles. The molecular weight excluding hydrogens is 410 g/mol. The number of aromatic nitrogens is 2. The second kappa shape index (κ2) is 8.73. The molecule has 0 radical (unpaired) electrons. The molecule has 3 rings (SSSR count). The lowest BCUT2D eigenvalue weighted by atomic mass is 10.1. The number of aromatic amines is 1. The number of nitrogens with one attached hydrogen (secondary N) is 2. The van der Waals surface area contributed by atoms with E-state index in [1.54, 1.807) is 7.11 Å². The predicted octanol–water partition coefficient (Wildman–Crippen LogP) is 4.18. The van der Waals surface area contributed by atoms with Crippen molar-refractivity contribution in [1.29, 1.82) is 0 Å². The first-order valence-electron chi connectivity index (χ1n) is 8.49. The van der Waals surface area contributed by atoms with E-state index in [-0.39, 0.29) is 5.91 Å². The van der Waals surface area contributed by atoms with Crippen molar-refractivity contribution in [1.82, 2.24) is 15.5 Å². The van der Waals surface area contributed by atoms with Crippen LogP contribution < -0.4 is 14.8 Å². The molecule has 0 aliphatic heterocycles. The van der Waals surface area contributed by atoms with Gasteiger partial charge >= 0.3 is 0 Å². The van der Waals surface area contributed by atoms with Gasteiger partial charge in [-0.15, -0.1) is 0 Å². The summed E-state index contributed by atoms with van der Waals surface area (Å²) in [4.78, 5) is 12.7. The number of rotatable bonds is 7. The lowest BCUT2D eigenvalue weighted by molar-refractivity contribution is 0.0951. The summed E-state index contributed by atoms with van der Waals surface area (Å²) in [7, 11) is 1.60. The van der Waals surface area contributed by atoms with E-state index in [1.807, 2.05) is 49.4 Å². The van der Waals surface area contributed by atoms with Crippen molar-refractivity contribution in [3.05, 3.63) is 64.3 Å². The van der Waals surface area contributed by atoms with Crippen LogP contribution in [0.3, 0.4) is 0 Å². The molecule has 0 bridgehead atoms. The number of hydrogen-bond acceptors (Lipinski definition) is 4. The number of H-pyrrole nitrogens is 1. The summed E-state index contributed by atoms with van der Waals surface area (Å²) >= 11 is 3.44. The molecule has 0 unspecified atom stereocenters. The Morgan fingerprint density at radius 2 is 2.07 bits per heavy atom. The molecule has 0 atom stereocenters. The lowest BCUT2D eigenvalue weighted by Crippen LogP contribution is -2.23. The van der Waals surface area contributed by atoms with Gasteiger partial charge in [0.1, 0.15) is 0 Å². The zero-order valence-corrected chi connectivity index (χ0v) is 16.7. The minimum absolute atomic E-state index is 0.201. The van der Waals surface area contributed by atoms with Gasteiger partial charge in [0.15, 0.2) is 11.5 Å². The van der Waals surface area contributed by atoms with Crippen molar-refractivity contribution in [3.8, 4) is 22.8 Å². The Morgan fingerprint density at radius 1 is 1.22 bits per heavy atom. The summed E-state index contributed by atoms with van der Waals surface area (Å²) < 4.78 is 11.8. The largest absolute Gasteiger partial charge is 0.493 e. The van der Waals surface area contributed by atoms with E-state index in [2.05, 4.69) is 31.4 Å². The molecule has 1 aromatic heterocycles. The summed E-state index contributed by atoms with van der Waals surface area (Å²) in [5.74, 6) is 1.12. The topological polar surface area (TPSA) is 76.2 Å². The fraction of sp³-hybridized carbons (Fsp3) is 0.200. The number of amides is 1. The van der Waals surface area contributed by atoms with E-state index in [1.165, 1.54) is 6.20 Å². The van der Waals surface area contributed by atoms with E-state index < -0.39 is 0 Å². The quantitative estimate of drug-likeness (QED) is 0.590. The first-order chi connectivity index (χ1) is 13.1. The van der Waals surface area contributed by atoms with Gasteiger partial charge in [-0.05, 0) is 36.8 Å². The molecule has 0 saturated heterocycles. The zero-order valence-electron chi connectivity index (χ0n) is 15.1. The molecule has 1 heterocycles. The van der Waals surface area contributed by atoms with Crippen LogP contribution in [0.4, 0.5) is 0 Å². The van der Waals surface area contributed by atoms with E-state index in [0.717, 1.165) is 15.6 Å². The van der Waals surface area contributed by atoms with Crippen molar-refractivity contribution >= 4 is 21.8 Å². The van der Waals surface area contributed by atoms with Gasteiger partial charge in [0.2, 0.25) is 0 Å². The summed E-state index contributed by atoms with van der Waals surface area (Å²) in [6.07, 6.45) is 1.53. The van der Waals surface area contributed by atoms with Crippen molar-refractivity contribution in [2.45, 2.75) is 13.5 Å². The van der Waals surface area contributed by atoms with Gasteiger partial charge in [0.05, 0.1) is 31.2 Å². The Morgan fingerprint density at radius 3 is 2.81 bits per heavy atom. The van der Waals surface area contributed by atoms with Crippen molar-refractivity contribution in [3.63, 3.8) is 0 Å². The van der Waals surface area contributed by atoms with Gasteiger partial charge in [-0.3, -0.25) is 9.89 Å². The molecule has 0 aliphatic rings. The Labute approximate surface area is 166 Å². The van der Waals surface area contributed by atoms with Crippen LogP contribution in [0.5, 0.6) is 11.5 Å². The van der Waals surface area contributed by atoms with E-state index in [0.29, 0.717) is 35.9 Å². The zero-order chi connectivity index (χ0) is 19.2. The van der Waals surface area contributed by atoms with Gasteiger partial charge < -0.3 is 14.8 Å². The fourth-order valence-corrected chi connectivity index (χ4v) is 3.10. The molecule has 0 fully saturated rings. The van der Waals surface area contributed by atoms with Crippen molar-refractivity contribution in [2.24, 2.45) is 0 Å². The summed E-state index contributed by atoms with van der Waals surface area (Å²) in [5.41, 5.74) is 2.97. The van der Waals surface area contributed by atoms with E-state index in [4.69, 9.17) is 9.47 Å². The molecule has 3 aromatic rings. The van der Waals surface area contributed by atoms with Crippen LogP contribution >= 0.6 is 15.9 Å². The molecular formula is C20H20BrN3O3. The van der Waals surface area contributed by atoms with Crippen LogP contribution in [0.25, 0.3) is 11.3 Å². The molecule has 6 nitrogen and oxygen atoms in total. The molecule has 0 spiro atoms. The molecule has 7 heteroatoms. The first-order valence-corrected chi connectivity index (χ1v) is 9.29. The number of carbonyl (C=O) groups is 1. The highest BCUT2D eigenvalue weighted by Gasteiger charge is 2.15. The van der Waals surface area contributed by atoms with Crippen LogP contribution in [0, 0.1) is 0 Å². The fourth-order valence-electron chi connectivity index (χ4n) is 2.70. The normalized spacial score (nSPS) is 10.5. The maximum absolute atomic E-state index is 12.7. The van der Waals surface area contributed by atoms with Crippen molar-refractivity contribution < 1.29 is 14.3 Å². The summed E-state index contributed by atoms with van der Waals surface area (Å²) in [5, 5.41) is 9.85. The Kier molecular flexibility index (Phi) is 6.13. The number of methoxy groups -OCH3 is 1. The van der Waals surface area contributed by atoms with Gasteiger partial charge in [-0.2, -0.15) is 5.10 Å². The van der Waals surface area contributed by atoms with Crippen LogP contribution in [-0.2, 0) is 6.54 Å². The van der Waals surface area contributed by atoms with Crippen LogP contribution in [-0.4, -0.2) is 29.8 Å². The van der Waals surface area contributed by atoms with Gasteiger partial charge in [0, 0.05) is 16.6 Å². The molecule has 0 saturated carbocycles. The number of benzene rings is 2. The first kappa shape index (κ1) is 19.0. The summed E-state index contributed by atoms with van der Waals surface area (Å²) in [6.45, 7) is 2.82.